The van der Waals surface area contributed by atoms with Crippen LogP contribution in [0.15, 0.2) is 12.3 Å². The van der Waals surface area contributed by atoms with E-state index in [1.807, 2.05) is 19.9 Å². The first-order valence-corrected chi connectivity index (χ1v) is 11.3. The number of hydrogen-bond donors (Lipinski definition) is 1. The number of alkyl halides is 2. The smallest absolute Gasteiger partial charge is 0.255 e. The second kappa shape index (κ2) is 7.07. The summed E-state index contributed by atoms with van der Waals surface area (Å²) in [6, 6.07) is 4.24. The van der Waals surface area contributed by atoms with Gasteiger partial charge in [0.25, 0.3) is 5.92 Å². The highest BCUT2D eigenvalue weighted by Crippen LogP contribution is 2.65. The van der Waals surface area contributed by atoms with Crippen LogP contribution in [-0.2, 0) is 0 Å². The lowest BCUT2D eigenvalue weighted by Crippen LogP contribution is -2.72. The van der Waals surface area contributed by atoms with Crippen LogP contribution in [-0.4, -0.2) is 56.9 Å². The molecule has 4 heterocycles. The van der Waals surface area contributed by atoms with Gasteiger partial charge in [0.2, 0.25) is 5.95 Å². The van der Waals surface area contributed by atoms with Crippen LogP contribution in [0, 0.1) is 30.6 Å². The molecule has 0 amide bonds. The van der Waals surface area contributed by atoms with Crippen molar-refractivity contribution in [1.29, 1.82) is 5.26 Å². The van der Waals surface area contributed by atoms with Crippen molar-refractivity contribution in [2.24, 2.45) is 5.41 Å². The van der Waals surface area contributed by atoms with Crippen LogP contribution >= 0.6 is 11.5 Å². The summed E-state index contributed by atoms with van der Waals surface area (Å²) in [5.41, 5.74) is 0.619. The molecule has 7 nitrogen and oxygen atoms in total. The van der Waals surface area contributed by atoms with E-state index in [9.17, 15) is 14.0 Å². The number of nitriles is 1. The third-order valence-corrected chi connectivity index (χ3v) is 7.74. The molecule has 1 saturated carbocycles. The predicted molar refractivity (Wildman–Crippen MR) is 115 cm³/mol. The number of aryl methyl sites for hydroxylation is 2. The van der Waals surface area contributed by atoms with E-state index in [2.05, 4.69) is 30.5 Å². The van der Waals surface area contributed by atoms with E-state index in [0.717, 1.165) is 35.0 Å². The van der Waals surface area contributed by atoms with Crippen LogP contribution in [0.2, 0.25) is 0 Å². The number of piperidine rings is 1. The van der Waals surface area contributed by atoms with Gasteiger partial charge in [0.1, 0.15) is 10.8 Å². The number of rotatable bonds is 5. The molecule has 3 aliphatic rings. The fraction of sp³-hybridized carbons (Fsp3) is 0.619. The number of hydrogen-bond acceptors (Lipinski definition) is 8. The summed E-state index contributed by atoms with van der Waals surface area (Å²) >= 11 is 1.35. The van der Waals surface area contributed by atoms with Crippen LogP contribution in [0.4, 0.5) is 25.5 Å². The summed E-state index contributed by atoms with van der Waals surface area (Å²) in [7, 11) is 0. The lowest BCUT2D eigenvalue weighted by atomic mass is 9.80. The molecule has 3 fully saturated rings. The Morgan fingerprint density at radius 3 is 2.71 bits per heavy atom. The fourth-order valence-corrected chi connectivity index (χ4v) is 5.75. The summed E-state index contributed by atoms with van der Waals surface area (Å²) < 4.78 is 32.3. The maximum Gasteiger partial charge on any atom is 0.255 e. The van der Waals surface area contributed by atoms with Gasteiger partial charge in [-0.15, -0.1) is 0 Å². The highest BCUT2D eigenvalue weighted by Gasteiger charge is 2.72. The summed E-state index contributed by atoms with van der Waals surface area (Å²) in [6.45, 7) is 6.27. The van der Waals surface area contributed by atoms with Crippen LogP contribution in [0.1, 0.15) is 36.9 Å². The van der Waals surface area contributed by atoms with Gasteiger partial charge < -0.3 is 10.2 Å². The fourth-order valence-electron chi connectivity index (χ4n) is 5.09. The molecule has 10 heteroatoms. The Labute approximate surface area is 184 Å². The largest absolute Gasteiger partial charge is 0.352 e. The van der Waals surface area contributed by atoms with Gasteiger partial charge in [-0.25, -0.2) is 13.8 Å². The number of halogens is 2. The van der Waals surface area contributed by atoms with Gasteiger partial charge in [-0.2, -0.15) is 14.6 Å². The molecular weight excluding hydrogens is 420 g/mol. The molecule has 0 bridgehead atoms. The Balaban J connectivity index is 1.33. The molecule has 2 aliphatic heterocycles. The zero-order valence-corrected chi connectivity index (χ0v) is 18.5. The van der Waals surface area contributed by atoms with Crippen molar-refractivity contribution in [3.63, 3.8) is 0 Å². The normalized spacial score (nSPS) is 26.4. The van der Waals surface area contributed by atoms with E-state index in [1.54, 1.807) is 6.20 Å². The van der Waals surface area contributed by atoms with Crippen LogP contribution in [0.3, 0.4) is 0 Å². The second-order valence-corrected chi connectivity index (χ2v) is 10.1. The molecule has 2 aromatic rings. The van der Waals surface area contributed by atoms with Gasteiger partial charge in [-0.3, -0.25) is 4.90 Å². The standard InChI is InChI=1S/C21H25F2N7S/c1-14-9-25-18(26-16-8-15(2)28-31-16)27-17(14)29-12-20(13-29,5-6-24)30-7-3-4-19(11-30)10-21(19,22)23/h8-9H,3-5,7,10-13H2,1-2H3,(H,25,26,27). The predicted octanol–water partition coefficient (Wildman–Crippen LogP) is 3.89. The van der Waals surface area contributed by atoms with E-state index < -0.39 is 11.3 Å². The minimum absolute atomic E-state index is 0.0139. The van der Waals surface area contributed by atoms with Crippen LogP contribution in [0.5, 0.6) is 0 Å². The number of nitrogens with zero attached hydrogens (tertiary/aromatic N) is 6. The lowest BCUT2D eigenvalue weighted by molar-refractivity contribution is -0.0259. The minimum atomic E-state index is -2.55. The molecule has 2 saturated heterocycles. The molecular formula is C21H25F2N7S. The van der Waals surface area contributed by atoms with Crippen LogP contribution < -0.4 is 10.2 Å². The molecule has 0 radical (unpaired) electrons. The lowest BCUT2D eigenvalue weighted by Gasteiger charge is -2.57. The maximum absolute atomic E-state index is 14.0. The van der Waals surface area contributed by atoms with Gasteiger partial charge in [0.15, 0.2) is 0 Å². The Hall–Kier alpha value is -2.38. The van der Waals surface area contributed by atoms with Crippen molar-refractivity contribution in [2.45, 2.75) is 51.0 Å². The second-order valence-electron chi connectivity index (χ2n) is 9.26. The quantitative estimate of drug-likeness (QED) is 0.748. The summed E-state index contributed by atoms with van der Waals surface area (Å²) in [4.78, 5) is 13.4. The molecule has 164 valence electrons. The molecule has 1 N–H and O–H groups in total. The van der Waals surface area contributed by atoms with Crippen molar-refractivity contribution in [3.8, 4) is 6.07 Å². The monoisotopic (exact) mass is 445 g/mol. The van der Waals surface area contributed by atoms with Crippen molar-refractivity contribution in [2.75, 3.05) is 36.4 Å². The van der Waals surface area contributed by atoms with Crippen molar-refractivity contribution < 1.29 is 8.78 Å². The maximum atomic E-state index is 14.0. The van der Waals surface area contributed by atoms with Gasteiger partial charge in [-0.05, 0) is 50.8 Å². The first-order chi connectivity index (χ1) is 14.8. The molecule has 1 unspecified atom stereocenters. The Morgan fingerprint density at radius 1 is 1.29 bits per heavy atom. The van der Waals surface area contributed by atoms with E-state index in [0.29, 0.717) is 38.4 Å². The molecule has 0 aromatic carbocycles. The number of nitrogens with one attached hydrogen (secondary N) is 1. The van der Waals surface area contributed by atoms with Crippen molar-refractivity contribution >= 4 is 28.3 Å². The number of likely N-dealkylation sites (tertiary alicyclic amines) is 1. The van der Waals surface area contributed by atoms with E-state index in [4.69, 9.17) is 4.98 Å². The highest BCUT2D eigenvalue weighted by molar-refractivity contribution is 7.10. The molecule has 1 spiro atoms. The Kier molecular flexibility index (Phi) is 4.68. The highest BCUT2D eigenvalue weighted by atomic mass is 32.1. The molecule has 1 aliphatic carbocycles. The molecule has 5 rings (SSSR count). The minimum Gasteiger partial charge on any atom is -0.352 e. The SMILES string of the molecule is Cc1cc(Nc2ncc(C)c(N3CC(CC#N)(N4CCCC5(C4)CC5(F)F)C3)n2)sn1. The van der Waals surface area contributed by atoms with Gasteiger partial charge in [0.05, 0.1) is 29.1 Å². The summed E-state index contributed by atoms with van der Waals surface area (Å²) in [5.74, 6) is -1.24. The van der Waals surface area contributed by atoms with Crippen molar-refractivity contribution in [3.05, 3.63) is 23.5 Å². The average molecular weight is 446 g/mol. The zero-order valence-electron chi connectivity index (χ0n) is 17.7. The first kappa shape index (κ1) is 20.5. The molecule has 31 heavy (non-hydrogen) atoms. The summed E-state index contributed by atoms with van der Waals surface area (Å²) in [6.07, 6.45) is 3.45. The first-order valence-electron chi connectivity index (χ1n) is 10.5. The van der Waals surface area contributed by atoms with Crippen LogP contribution in [0.25, 0.3) is 0 Å². The third-order valence-electron chi connectivity index (χ3n) is 6.94. The van der Waals surface area contributed by atoms with E-state index in [1.165, 1.54) is 11.5 Å². The van der Waals surface area contributed by atoms with Gasteiger partial charge in [0, 0.05) is 37.8 Å². The third kappa shape index (κ3) is 3.44. The van der Waals surface area contributed by atoms with E-state index in [-0.39, 0.29) is 12.0 Å². The summed E-state index contributed by atoms with van der Waals surface area (Å²) in [5, 5.41) is 13.6. The molecule has 1 atom stereocenters. The molecule has 2 aromatic heterocycles. The Morgan fingerprint density at radius 2 is 2.06 bits per heavy atom. The average Bonchev–Trinajstić information content (AvgIpc) is 2.99. The van der Waals surface area contributed by atoms with Crippen molar-refractivity contribution in [1.82, 2.24) is 19.2 Å². The van der Waals surface area contributed by atoms with E-state index >= 15 is 0 Å². The number of anilines is 3. The van der Waals surface area contributed by atoms with Gasteiger partial charge >= 0.3 is 0 Å². The number of aromatic nitrogens is 3. The zero-order chi connectivity index (χ0) is 21.9. The Bertz CT molecular complexity index is 1040. The topological polar surface area (TPSA) is 81.0 Å². The van der Waals surface area contributed by atoms with Gasteiger partial charge in [-0.1, -0.05) is 0 Å².